The Kier molecular flexibility index (Phi) is 8.12. The average Bonchev–Trinajstić information content (AvgIpc) is 2.82. The Balaban J connectivity index is 1.45. The van der Waals surface area contributed by atoms with Crippen molar-refractivity contribution in [3.8, 4) is 17.2 Å². The van der Waals surface area contributed by atoms with Gasteiger partial charge in [-0.1, -0.05) is 36.4 Å². The summed E-state index contributed by atoms with van der Waals surface area (Å²) in [6, 6.07) is 23.2. The smallest absolute Gasteiger partial charge is 0.248 e. The Morgan fingerprint density at radius 3 is 2.35 bits per heavy atom. The third kappa shape index (κ3) is 6.93. The summed E-state index contributed by atoms with van der Waals surface area (Å²) < 4.78 is 16.3. The van der Waals surface area contributed by atoms with Crippen molar-refractivity contribution in [1.29, 1.82) is 0 Å². The second-order valence-corrected chi connectivity index (χ2v) is 6.90. The van der Waals surface area contributed by atoms with Crippen LogP contribution in [0.3, 0.4) is 0 Å². The SMILES string of the molecule is COc1ccc(/C=C/C(=O)Nc2ccc(OCCCc3ccccc3)cc2)cc1OC. The van der Waals surface area contributed by atoms with Gasteiger partial charge in [0.25, 0.3) is 0 Å². The van der Waals surface area contributed by atoms with Crippen LogP contribution in [0.5, 0.6) is 17.2 Å². The summed E-state index contributed by atoms with van der Waals surface area (Å²) in [5.41, 5.74) is 2.86. The molecule has 0 aliphatic rings. The molecule has 0 spiro atoms. The van der Waals surface area contributed by atoms with Crippen LogP contribution >= 0.6 is 0 Å². The molecule has 3 rings (SSSR count). The molecule has 0 aromatic heterocycles. The van der Waals surface area contributed by atoms with E-state index in [1.807, 2.05) is 54.6 Å². The van der Waals surface area contributed by atoms with E-state index in [4.69, 9.17) is 14.2 Å². The summed E-state index contributed by atoms with van der Waals surface area (Å²) in [6.45, 7) is 0.647. The van der Waals surface area contributed by atoms with Gasteiger partial charge in [-0.2, -0.15) is 0 Å². The first-order valence-electron chi connectivity index (χ1n) is 10.2. The van der Waals surface area contributed by atoms with Crippen molar-refractivity contribution in [1.82, 2.24) is 0 Å². The minimum Gasteiger partial charge on any atom is -0.494 e. The van der Waals surface area contributed by atoms with E-state index < -0.39 is 0 Å². The molecular formula is C26H27NO4. The summed E-state index contributed by atoms with van der Waals surface area (Å²) in [7, 11) is 3.16. The van der Waals surface area contributed by atoms with Gasteiger partial charge in [0.2, 0.25) is 5.91 Å². The van der Waals surface area contributed by atoms with Gasteiger partial charge in [-0.15, -0.1) is 0 Å². The summed E-state index contributed by atoms with van der Waals surface area (Å²) in [6.07, 6.45) is 5.14. The van der Waals surface area contributed by atoms with Crippen LogP contribution in [-0.4, -0.2) is 26.7 Å². The van der Waals surface area contributed by atoms with Crippen molar-refractivity contribution >= 4 is 17.7 Å². The predicted octanol–water partition coefficient (Wildman–Crippen LogP) is 5.37. The summed E-state index contributed by atoms with van der Waals surface area (Å²) in [4.78, 5) is 12.2. The molecule has 31 heavy (non-hydrogen) atoms. The first-order chi connectivity index (χ1) is 15.2. The Morgan fingerprint density at radius 2 is 1.65 bits per heavy atom. The van der Waals surface area contributed by atoms with Crippen LogP contribution in [0, 0.1) is 0 Å². The van der Waals surface area contributed by atoms with Gasteiger partial charge in [0.05, 0.1) is 20.8 Å². The van der Waals surface area contributed by atoms with Gasteiger partial charge in [-0.25, -0.2) is 0 Å². The molecule has 160 valence electrons. The zero-order chi connectivity index (χ0) is 21.9. The second-order valence-electron chi connectivity index (χ2n) is 6.90. The number of anilines is 1. The third-order valence-electron chi connectivity index (χ3n) is 4.68. The summed E-state index contributed by atoms with van der Waals surface area (Å²) >= 11 is 0. The number of carbonyl (C=O) groups excluding carboxylic acids is 1. The van der Waals surface area contributed by atoms with E-state index in [9.17, 15) is 4.79 Å². The molecule has 0 saturated carbocycles. The molecule has 5 nitrogen and oxygen atoms in total. The predicted molar refractivity (Wildman–Crippen MR) is 124 cm³/mol. The molecule has 0 radical (unpaired) electrons. The first-order valence-corrected chi connectivity index (χ1v) is 10.2. The number of carbonyl (C=O) groups is 1. The normalized spacial score (nSPS) is 10.6. The Hall–Kier alpha value is -3.73. The van der Waals surface area contributed by atoms with Gasteiger partial charge < -0.3 is 19.5 Å². The third-order valence-corrected chi connectivity index (χ3v) is 4.68. The molecule has 0 aliphatic carbocycles. The highest BCUT2D eigenvalue weighted by Gasteiger charge is 2.04. The van der Waals surface area contributed by atoms with Gasteiger partial charge >= 0.3 is 0 Å². The van der Waals surface area contributed by atoms with Gasteiger partial charge in [-0.05, 0) is 66.4 Å². The van der Waals surface area contributed by atoms with Gasteiger partial charge in [0.15, 0.2) is 11.5 Å². The summed E-state index contributed by atoms with van der Waals surface area (Å²) in [5.74, 6) is 1.83. The fourth-order valence-corrected chi connectivity index (χ4v) is 3.06. The van der Waals surface area contributed by atoms with Crippen LogP contribution in [-0.2, 0) is 11.2 Å². The number of methoxy groups -OCH3 is 2. The highest BCUT2D eigenvalue weighted by Crippen LogP contribution is 2.28. The van der Waals surface area contributed by atoms with Gasteiger partial charge in [0, 0.05) is 11.8 Å². The number of aryl methyl sites for hydroxylation is 1. The minimum absolute atomic E-state index is 0.216. The quantitative estimate of drug-likeness (QED) is 0.356. The number of nitrogens with one attached hydrogen (secondary N) is 1. The maximum atomic E-state index is 12.2. The number of hydrogen-bond acceptors (Lipinski definition) is 4. The number of rotatable bonds is 10. The lowest BCUT2D eigenvalue weighted by Crippen LogP contribution is -2.07. The Labute approximate surface area is 183 Å². The Bertz CT molecular complexity index is 998. The van der Waals surface area contributed by atoms with Crippen molar-refractivity contribution in [2.45, 2.75) is 12.8 Å². The van der Waals surface area contributed by atoms with Crippen LogP contribution < -0.4 is 19.5 Å². The van der Waals surface area contributed by atoms with Crippen molar-refractivity contribution in [3.05, 3.63) is 90.0 Å². The molecule has 3 aromatic rings. The molecule has 1 amide bonds. The van der Waals surface area contributed by atoms with Crippen molar-refractivity contribution < 1.29 is 19.0 Å². The maximum absolute atomic E-state index is 12.2. The van der Waals surface area contributed by atoms with Crippen molar-refractivity contribution in [2.75, 3.05) is 26.1 Å². The van der Waals surface area contributed by atoms with Crippen molar-refractivity contribution in [3.63, 3.8) is 0 Å². The molecule has 0 bridgehead atoms. The lowest BCUT2D eigenvalue weighted by molar-refractivity contribution is -0.111. The Morgan fingerprint density at radius 1 is 0.903 bits per heavy atom. The summed E-state index contributed by atoms with van der Waals surface area (Å²) in [5, 5.41) is 2.84. The van der Waals surface area contributed by atoms with Crippen LogP contribution in [0.2, 0.25) is 0 Å². The number of hydrogen-bond donors (Lipinski definition) is 1. The second kappa shape index (κ2) is 11.5. The van der Waals surface area contributed by atoms with E-state index >= 15 is 0 Å². The highest BCUT2D eigenvalue weighted by molar-refractivity contribution is 6.01. The molecule has 5 heteroatoms. The van der Waals surface area contributed by atoms with Crippen molar-refractivity contribution in [2.24, 2.45) is 0 Å². The lowest BCUT2D eigenvalue weighted by Gasteiger charge is -2.08. The molecule has 0 saturated heterocycles. The standard InChI is InChI=1S/C26H27NO4/c1-29-24-16-10-21(19-25(24)30-2)11-17-26(28)27-22-12-14-23(15-13-22)31-18-6-9-20-7-4-3-5-8-20/h3-5,7-8,10-17,19H,6,9,18H2,1-2H3,(H,27,28)/b17-11+. The number of benzene rings is 3. The fourth-order valence-electron chi connectivity index (χ4n) is 3.06. The van der Waals surface area contributed by atoms with Crippen LogP contribution in [0.4, 0.5) is 5.69 Å². The van der Waals surface area contributed by atoms with Crippen LogP contribution in [0.1, 0.15) is 17.5 Å². The zero-order valence-electron chi connectivity index (χ0n) is 17.8. The molecule has 0 heterocycles. The molecule has 3 aromatic carbocycles. The highest BCUT2D eigenvalue weighted by atomic mass is 16.5. The average molecular weight is 418 g/mol. The van der Waals surface area contributed by atoms with E-state index in [2.05, 4.69) is 17.4 Å². The minimum atomic E-state index is -0.216. The van der Waals surface area contributed by atoms with Crippen LogP contribution in [0.15, 0.2) is 78.9 Å². The largest absolute Gasteiger partial charge is 0.494 e. The molecule has 0 fully saturated rings. The lowest BCUT2D eigenvalue weighted by atomic mass is 10.1. The fraction of sp³-hybridized carbons (Fsp3) is 0.192. The monoisotopic (exact) mass is 417 g/mol. The molecule has 0 aliphatic heterocycles. The van der Waals surface area contributed by atoms with Gasteiger partial charge in [0.1, 0.15) is 5.75 Å². The first kappa shape index (κ1) is 22.0. The van der Waals surface area contributed by atoms with E-state index in [1.54, 1.807) is 26.4 Å². The maximum Gasteiger partial charge on any atom is 0.248 e. The van der Waals surface area contributed by atoms with E-state index in [0.29, 0.717) is 23.8 Å². The molecule has 1 N–H and O–H groups in total. The van der Waals surface area contributed by atoms with E-state index in [-0.39, 0.29) is 5.91 Å². The topological polar surface area (TPSA) is 56.8 Å². The van der Waals surface area contributed by atoms with E-state index in [0.717, 1.165) is 24.2 Å². The number of amides is 1. The molecule has 0 atom stereocenters. The molecular weight excluding hydrogens is 390 g/mol. The van der Waals surface area contributed by atoms with Gasteiger partial charge in [-0.3, -0.25) is 4.79 Å². The van der Waals surface area contributed by atoms with Crippen LogP contribution in [0.25, 0.3) is 6.08 Å². The zero-order valence-corrected chi connectivity index (χ0v) is 17.8. The van der Waals surface area contributed by atoms with E-state index in [1.165, 1.54) is 11.6 Å². The molecule has 0 unspecified atom stereocenters. The number of ether oxygens (including phenoxy) is 3.